The molecule has 0 aromatic rings. The van der Waals surface area contributed by atoms with Crippen LogP contribution in [0.4, 0.5) is 0 Å². The molecule has 2 aliphatic rings. The Bertz CT molecular complexity index is 336. The highest BCUT2D eigenvalue weighted by Crippen LogP contribution is 2.33. The van der Waals surface area contributed by atoms with Crippen LogP contribution in [0.2, 0.25) is 19.6 Å². The third-order valence-electron chi connectivity index (χ3n) is 2.56. The third-order valence-corrected chi connectivity index (χ3v) is 4.17. The van der Waals surface area contributed by atoms with E-state index in [1.54, 1.807) is 0 Å². The van der Waals surface area contributed by atoms with Crippen LogP contribution in [0.15, 0.2) is 33.8 Å². The first-order valence-electron chi connectivity index (χ1n) is 5.07. The van der Waals surface area contributed by atoms with Crippen molar-refractivity contribution < 1.29 is 0 Å². The summed E-state index contributed by atoms with van der Waals surface area (Å²) in [6, 6.07) is 0.298. The van der Waals surface area contributed by atoms with Gasteiger partial charge in [-0.25, -0.2) is 0 Å². The summed E-state index contributed by atoms with van der Waals surface area (Å²) < 4.78 is 2.17. The molecule has 0 bridgehead atoms. The molecule has 1 atom stereocenters. The van der Waals surface area contributed by atoms with Crippen molar-refractivity contribution in [3.05, 3.63) is 23.4 Å². The van der Waals surface area contributed by atoms with Crippen molar-refractivity contribution in [2.75, 3.05) is 0 Å². The van der Waals surface area contributed by atoms with E-state index in [0.717, 1.165) is 6.42 Å². The largest absolute Gasteiger partial charge is 0.279 e. The first-order chi connectivity index (χ1) is 6.48. The van der Waals surface area contributed by atoms with E-state index < -0.39 is 8.24 Å². The van der Waals surface area contributed by atoms with Crippen molar-refractivity contribution in [3.63, 3.8) is 0 Å². The van der Waals surface area contributed by atoms with E-state index in [1.165, 1.54) is 11.3 Å². The highest BCUT2D eigenvalue weighted by Gasteiger charge is 2.35. The fourth-order valence-electron chi connectivity index (χ4n) is 1.82. The number of hydrogen-bond acceptors (Lipinski definition) is 3. The minimum Gasteiger partial charge on any atom is -0.279 e. The van der Waals surface area contributed by atoms with Crippen molar-refractivity contribution in [3.8, 4) is 0 Å². The molecular formula is C10H17N3Si. The standard InChI is InChI=1S/C10H17N3Si/c1-8-5-6-10-9(7-8)11-12-13(10)14(2,3)4/h5-6,9H,7H2,1-4H3. The van der Waals surface area contributed by atoms with Gasteiger partial charge >= 0.3 is 0 Å². The zero-order valence-electron chi connectivity index (χ0n) is 9.28. The molecule has 0 amide bonds. The van der Waals surface area contributed by atoms with Crippen molar-refractivity contribution in [2.24, 2.45) is 10.3 Å². The molecule has 14 heavy (non-hydrogen) atoms. The van der Waals surface area contributed by atoms with Gasteiger partial charge < -0.3 is 0 Å². The maximum Gasteiger partial charge on any atom is 0.178 e. The van der Waals surface area contributed by atoms with E-state index >= 15 is 0 Å². The predicted octanol–water partition coefficient (Wildman–Crippen LogP) is 3.11. The molecule has 0 spiro atoms. The van der Waals surface area contributed by atoms with Crippen LogP contribution in [0.1, 0.15) is 13.3 Å². The topological polar surface area (TPSA) is 28.0 Å². The van der Waals surface area contributed by atoms with E-state index in [0.29, 0.717) is 6.04 Å². The van der Waals surface area contributed by atoms with Gasteiger partial charge in [-0.15, -0.1) is 0 Å². The molecular weight excluding hydrogens is 190 g/mol. The van der Waals surface area contributed by atoms with Gasteiger partial charge in [0.2, 0.25) is 0 Å². The van der Waals surface area contributed by atoms with Gasteiger partial charge in [0.05, 0.1) is 5.70 Å². The van der Waals surface area contributed by atoms with Gasteiger partial charge in [0, 0.05) is 0 Å². The van der Waals surface area contributed by atoms with Gasteiger partial charge in [-0.1, -0.05) is 16.9 Å². The molecule has 0 N–H and O–H groups in total. The lowest BCUT2D eigenvalue weighted by Gasteiger charge is -2.30. The lowest BCUT2D eigenvalue weighted by molar-refractivity contribution is 0.557. The molecule has 0 saturated heterocycles. The van der Waals surface area contributed by atoms with Crippen LogP contribution in [0.5, 0.6) is 0 Å². The maximum atomic E-state index is 4.33. The van der Waals surface area contributed by atoms with Crippen molar-refractivity contribution in [1.82, 2.24) is 4.67 Å². The fourth-order valence-corrected chi connectivity index (χ4v) is 3.13. The molecule has 0 radical (unpaired) electrons. The van der Waals surface area contributed by atoms with Gasteiger partial charge in [-0.2, -0.15) is 5.11 Å². The molecule has 0 fully saturated rings. The second-order valence-corrected chi connectivity index (χ2v) is 9.78. The summed E-state index contributed by atoms with van der Waals surface area (Å²) in [7, 11) is -1.38. The van der Waals surface area contributed by atoms with Gasteiger partial charge in [0.1, 0.15) is 6.04 Å². The van der Waals surface area contributed by atoms with Gasteiger partial charge in [0.25, 0.3) is 0 Å². The SMILES string of the molecule is CC1=CC=C2C(C1)N=NN2[Si](C)(C)C. The monoisotopic (exact) mass is 207 g/mol. The third kappa shape index (κ3) is 1.54. The van der Waals surface area contributed by atoms with Crippen molar-refractivity contribution >= 4 is 8.24 Å². The molecule has 1 aliphatic heterocycles. The van der Waals surface area contributed by atoms with E-state index in [4.69, 9.17) is 0 Å². The summed E-state index contributed by atoms with van der Waals surface area (Å²) in [6.07, 6.45) is 5.41. The Morgan fingerprint density at radius 2 is 2.07 bits per heavy atom. The first-order valence-corrected chi connectivity index (χ1v) is 8.51. The smallest absolute Gasteiger partial charge is 0.178 e. The van der Waals surface area contributed by atoms with Gasteiger partial charge in [0.15, 0.2) is 8.24 Å². The molecule has 0 aromatic heterocycles. The van der Waals surface area contributed by atoms with Crippen LogP contribution >= 0.6 is 0 Å². The Morgan fingerprint density at radius 1 is 1.36 bits per heavy atom. The Hall–Kier alpha value is -0.903. The molecule has 76 valence electrons. The Balaban J connectivity index is 2.30. The Morgan fingerprint density at radius 3 is 2.71 bits per heavy atom. The molecule has 4 heteroatoms. The average molecular weight is 207 g/mol. The summed E-state index contributed by atoms with van der Waals surface area (Å²) in [5, 5.41) is 8.64. The second-order valence-electron chi connectivity index (χ2n) is 5.01. The minimum atomic E-state index is -1.38. The molecule has 1 aliphatic carbocycles. The molecule has 1 heterocycles. The van der Waals surface area contributed by atoms with Crippen molar-refractivity contribution in [2.45, 2.75) is 39.0 Å². The molecule has 0 aromatic carbocycles. The average Bonchev–Trinajstić information content (AvgIpc) is 2.45. The number of allylic oxidation sites excluding steroid dienone is 2. The minimum absolute atomic E-state index is 0.298. The quantitative estimate of drug-likeness (QED) is 0.607. The summed E-state index contributed by atoms with van der Waals surface area (Å²) in [4.78, 5) is 0. The van der Waals surface area contributed by atoms with E-state index in [1.807, 2.05) is 0 Å². The molecule has 0 saturated carbocycles. The number of hydrogen-bond donors (Lipinski definition) is 0. The number of rotatable bonds is 1. The lowest BCUT2D eigenvalue weighted by atomic mass is 10.0. The van der Waals surface area contributed by atoms with Crippen LogP contribution in [0.3, 0.4) is 0 Å². The zero-order valence-corrected chi connectivity index (χ0v) is 10.3. The van der Waals surface area contributed by atoms with E-state index in [2.05, 4.69) is 53.7 Å². The van der Waals surface area contributed by atoms with E-state index in [-0.39, 0.29) is 0 Å². The normalized spacial score (nSPS) is 26.0. The zero-order chi connectivity index (χ0) is 10.3. The second kappa shape index (κ2) is 3.05. The molecule has 3 nitrogen and oxygen atoms in total. The highest BCUT2D eigenvalue weighted by atomic mass is 28.3. The Kier molecular flexibility index (Phi) is 2.10. The maximum absolute atomic E-state index is 4.33. The highest BCUT2D eigenvalue weighted by molar-refractivity contribution is 6.73. The van der Waals surface area contributed by atoms with Crippen LogP contribution in [-0.2, 0) is 0 Å². The Labute approximate surface area is 86.3 Å². The van der Waals surface area contributed by atoms with Crippen LogP contribution < -0.4 is 0 Å². The van der Waals surface area contributed by atoms with Crippen molar-refractivity contribution in [1.29, 1.82) is 0 Å². The predicted molar refractivity (Wildman–Crippen MR) is 60.3 cm³/mol. The summed E-state index contributed by atoms with van der Waals surface area (Å²) >= 11 is 0. The lowest BCUT2D eigenvalue weighted by Crippen LogP contribution is -2.41. The summed E-state index contributed by atoms with van der Waals surface area (Å²) in [5.41, 5.74) is 2.70. The first kappa shape index (κ1) is 9.64. The van der Waals surface area contributed by atoms with Crippen LogP contribution in [0, 0.1) is 0 Å². The van der Waals surface area contributed by atoms with E-state index in [9.17, 15) is 0 Å². The molecule has 2 rings (SSSR count). The van der Waals surface area contributed by atoms with Gasteiger partial charge in [-0.05, 0) is 39.1 Å². The van der Waals surface area contributed by atoms with Crippen LogP contribution in [-0.4, -0.2) is 19.0 Å². The number of nitrogens with zero attached hydrogens (tertiary/aromatic N) is 3. The van der Waals surface area contributed by atoms with Crippen LogP contribution in [0.25, 0.3) is 0 Å². The number of fused-ring (bicyclic) bond motifs is 1. The summed E-state index contributed by atoms with van der Waals surface area (Å²) in [6.45, 7) is 9.03. The summed E-state index contributed by atoms with van der Waals surface area (Å²) in [5.74, 6) is 0. The molecule has 1 unspecified atom stereocenters. The van der Waals surface area contributed by atoms with Gasteiger partial charge in [-0.3, -0.25) is 4.67 Å². The fraction of sp³-hybridized carbons (Fsp3) is 0.600.